The average Bonchev–Trinajstić information content (AvgIpc) is 2.89. The molecule has 0 amide bonds. The SMILES string of the molecule is COC(=O)C1=CC23CCCCC2C2CC(C4CCCC(C)N4)C(C)(O3)C12. The monoisotopic (exact) mass is 359 g/mol. The minimum Gasteiger partial charge on any atom is -0.466 e. The molecule has 8 atom stereocenters. The summed E-state index contributed by atoms with van der Waals surface area (Å²) in [6, 6.07) is 1.11. The Hall–Kier alpha value is -0.870. The summed E-state index contributed by atoms with van der Waals surface area (Å²) in [7, 11) is 1.52. The lowest BCUT2D eigenvalue weighted by Crippen LogP contribution is -2.65. The molecule has 0 aromatic rings. The second-order valence-corrected chi connectivity index (χ2v) is 9.77. The van der Waals surface area contributed by atoms with Crippen LogP contribution in [0.3, 0.4) is 0 Å². The number of hydrogen-bond acceptors (Lipinski definition) is 4. The van der Waals surface area contributed by atoms with Crippen molar-refractivity contribution in [2.45, 2.75) is 88.5 Å². The van der Waals surface area contributed by atoms with E-state index in [4.69, 9.17) is 9.47 Å². The Morgan fingerprint density at radius 2 is 2.08 bits per heavy atom. The number of hydrogen-bond donors (Lipinski definition) is 1. The Bertz CT molecular complexity index is 645. The summed E-state index contributed by atoms with van der Waals surface area (Å²) in [6.45, 7) is 4.62. The number of ether oxygens (including phenoxy) is 2. The first kappa shape index (κ1) is 17.2. The number of piperidine rings is 1. The second kappa shape index (κ2) is 5.81. The van der Waals surface area contributed by atoms with Crippen molar-refractivity contribution >= 4 is 5.97 Å². The van der Waals surface area contributed by atoms with Crippen LogP contribution < -0.4 is 5.32 Å². The molecule has 6 aliphatic rings. The van der Waals surface area contributed by atoms with Crippen LogP contribution in [0.4, 0.5) is 0 Å². The molecule has 4 nitrogen and oxygen atoms in total. The minimum absolute atomic E-state index is 0.122. The van der Waals surface area contributed by atoms with E-state index in [1.54, 1.807) is 0 Å². The predicted octanol–water partition coefficient (Wildman–Crippen LogP) is 3.60. The third kappa shape index (κ3) is 2.18. The van der Waals surface area contributed by atoms with Gasteiger partial charge in [-0.2, -0.15) is 0 Å². The molecule has 1 N–H and O–H groups in total. The molecule has 3 aliphatic heterocycles. The van der Waals surface area contributed by atoms with E-state index in [0.29, 0.717) is 29.8 Å². The number of carbonyl (C=O) groups is 1. The molecule has 2 saturated heterocycles. The highest BCUT2D eigenvalue weighted by Gasteiger charge is 2.70. The average molecular weight is 360 g/mol. The van der Waals surface area contributed by atoms with Crippen molar-refractivity contribution in [2.24, 2.45) is 23.7 Å². The predicted molar refractivity (Wildman–Crippen MR) is 99.6 cm³/mol. The maximum absolute atomic E-state index is 12.7. The molecule has 1 spiro atoms. The molecule has 2 saturated carbocycles. The van der Waals surface area contributed by atoms with Crippen LogP contribution in [0.15, 0.2) is 11.6 Å². The highest BCUT2D eigenvalue weighted by Crippen LogP contribution is 2.68. The highest BCUT2D eigenvalue weighted by molar-refractivity contribution is 5.90. The third-order valence-corrected chi connectivity index (χ3v) is 8.49. The molecule has 8 unspecified atom stereocenters. The molecule has 4 bridgehead atoms. The number of carbonyl (C=O) groups excluding carboxylic acids is 1. The zero-order valence-electron chi connectivity index (χ0n) is 16.4. The van der Waals surface area contributed by atoms with Gasteiger partial charge in [0.15, 0.2) is 0 Å². The van der Waals surface area contributed by atoms with Crippen molar-refractivity contribution in [3.8, 4) is 0 Å². The lowest BCUT2D eigenvalue weighted by molar-refractivity contribution is -0.242. The van der Waals surface area contributed by atoms with Gasteiger partial charge in [0.05, 0.1) is 18.3 Å². The lowest BCUT2D eigenvalue weighted by atomic mass is 9.56. The van der Waals surface area contributed by atoms with Crippen molar-refractivity contribution in [3.63, 3.8) is 0 Å². The van der Waals surface area contributed by atoms with E-state index >= 15 is 0 Å². The van der Waals surface area contributed by atoms with Crippen LogP contribution in [0.5, 0.6) is 0 Å². The molecule has 3 heterocycles. The maximum atomic E-state index is 12.7. The van der Waals surface area contributed by atoms with Gasteiger partial charge in [0, 0.05) is 29.5 Å². The van der Waals surface area contributed by atoms with Crippen molar-refractivity contribution in [1.29, 1.82) is 0 Å². The van der Waals surface area contributed by atoms with Gasteiger partial charge >= 0.3 is 5.97 Å². The molecule has 4 heteroatoms. The van der Waals surface area contributed by atoms with Gasteiger partial charge in [-0.25, -0.2) is 4.79 Å². The van der Waals surface area contributed by atoms with Gasteiger partial charge in [-0.1, -0.05) is 19.3 Å². The summed E-state index contributed by atoms with van der Waals surface area (Å²) >= 11 is 0. The van der Waals surface area contributed by atoms with E-state index in [9.17, 15) is 4.79 Å². The van der Waals surface area contributed by atoms with E-state index in [0.717, 1.165) is 12.0 Å². The molecule has 4 fully saturated rings. The molecule has 0 aromatic carbocycles. The second-order valence-electron chi connectivity index (χ2n) is 9.77. The van der Waals surface area contributed by atoms with Crippen molar-refractivity contribution in [3.05, 3.63) is 11.6 Å². The summed E-state index contributed by atoms with van der Waals surface area (Å²) < 4.78 is 12.3. The fourth-order valence-corrected chi connectivity index (χ4v) is 7.62. The molecule has 6 rings (SSSR count). The van der Waals surface area contributed by atoms with E-state index in [2.05, 4.69) is 25.2 Å². The number of nitrogens with one attached hydrogen (secondary N) is 1. The normalized spacial score (nSPS) is 52.3. The van der Waals surface area contributed by atoms with Gasteiger partial charge in [-0.3, -0.25) is 0 Å². The topological polar surface area (TPSA) is 47.6 Å². The zero-order chi connectivity index (χ0) is 18.1. The van der Waals surface area contributed by atoms with Gasteiger partial charge in [-0.05, 0) is 63.9 Å². The number of methoxy groups -OCH3 is 1. The van der Waals surface area contributed by atoms with Crippen LogP contribution in [0.25, 0.3) is 0 Å². The van der Waals surface area contributed by atoms with Gasteiger partial charge in [0.2, 0.25) is 0 Å². The third-order valence-electron chi connectivity index (χ3n) is 8.49. The Balaban J connectivity index is 1.57. The van der Waals surface area contributed by atoms with Crippen molar-refractivity contribution in [2.75, 3.05) is 7.11 Å². The number of esters is 1. The summed E-state index contributed by atoms with van der Waals surface area (Å²) in [4.78, 5) is 12.7. The quantitative estimate of drug-likeness (QED) is 0.765. The van der Waals surface area contributed by atoms with Crippen LogP contribution in [0, 0.1) is 23.7 Å². The first-order valence-corrected chi connectivity index (χ1v) is 10.8. The molecular weight excluding hydrogens is 326 g/mol. The summed E-state index contributed by atoms with van der Waals surface area (Å²) in [5, 5.41) is 3.88. The Morgan fingerprint density at radius 3 is 2.85 bits per heavy atom. The van der Waals surface area contributed by atoms with Crippen LogP contribution in [0.1, 0.15) is 65.2 Å². The van der Waals surface area contributed by atoms with Gasteiger partial charge in [0.25, 0.3) is 0 Å². The lowest BCUT2D eigenvalue weighted by Gasteiger charge is -2.60. The van der Waals surface area contributed by atoms with Crippen LogP contribution in [-0.4, -0.2) is 36.4 Å². The minimum atomic E-state index is -0.231. The summed E-state index contributed by atoms with van der Waals surface area (Å²) in [5.41, 5.74) is 0.479. The first-order chi connectivity index (χ1) is 12.5. The maximum Gasteiger partial charge on any atom is 0.333 e. The highest BCUT2D eigenvalue weighted by atomic mass is 16.5. The molecule has 3 aliphatic carbocycles. The molecule has 144 valence electrons. The Morgan fingerprint density at radius 1 is 1.23 bits per heavy atom. The van der Waals surface area contributed by atoms with E-state index < -0.39 is 0 Å². The standard InChI is InChI=1S/C22H33NO3/c1-13-7-6-9-18(23-13)17-11-14-16-8-4-5-10-22(16)12-15(20(24)25-3)19(14)21(17,2)26-22/h12-14,16-19,23H,4-11H2,1-3H3. The molecule has 0 aromatic heterocycles. The largest absolute Gasteiger partial charge is 0.466 e. The Kier molecular flexibility index (Phi) is 3.85. The number of rotatable bonds is 2. The van der Waals surface area contributed by atoms with E-state index in [1.807, 2.05) is 0 Å². The summed E-state index contributed by atoms with van der Waals surface area (Å²) in [6.07, 6.45) is 12.0. The van der Waals surface area contributed by atoms with Crippen molar-refractivity contribution < 1.29 is 14.3 Å². The first-order valence-electron chi connectivity index (χ1n) is 10.8. The summed E-state index contributed by atoms with van der Waals surface area (Å²) in [5.74, 6) is 1.76. The van der Waals surface area contributed by atoms with E-state index in [-0.39, 0.29) is 23.1 Å². The van der Waals surface area contributed by atoms with Gasteiger partial charge in [-0.15, -0.1) is 0 Å². The van der Waals surface area contributed by atoms with Crippen LogP contribution >= 0.6 is 0 Å². The molecular formula is C22H33NO3. The molecule has 26 heavy (non-hydrogen) atoms. The Labute approximate surface area is 157 Å². The molecule has 0 radical (unpaired) electrons. The van der Waals surface area contributed by atoms with Gasteiger partial charge < -0.3 is 14.8 Å². The zero-order valence-corrected chi connectivity index (χ0v) is 16.4. The van der Waals surface area contributed by atoms with E-state index in [1.165, 1.54) is 52.1 Å². The van der Waals surface area contributed by atoms with Crippen LogP contribution in [-0.2, 0) is 14.3 Å². The smallest absolute Gasteiger partial charge is 0.333 e. The van der Waals surface area contributed by atoms with Crippen LogP contribution in [0.2, 0.25) is 0 Å². The van der Waals surface area contributed by atoms with Crippen molar-refractivity contribution in [1.82, 2.24) is 5.32 Å². The van der Waals surface area contributed by atoms with Gasteiger partial charge in [0.1, 0.15) is 0 Å². The fourth-order valence-electron chi connectivity index (χ4n) is 7.62. The fraction of sp³-hybridized carbons (Fsp3) is 0.864.